The zero-order valence-electron chi connectivity index (χ0n) is 12.0. The van der Waals surface area contributed by atoms with E-state index in [2.05, 4.69) is 31.8 Å². The van der Waals surface area contributed by atoms with Crippen LogP contribution in [0, 0.1) is 0 Å². The van der Waals surface area contributed by atoms with Gasteiger partial charge in [0, 0.05) is 17.2 Å². The first-order chi connectivity index (χ1) is 9.47. The van der Waals surface area contributed by atoms with Crippen molar-refractivity contribution in [2.24, 2.45) is 0 Å². The van der Waals surface area contributed by atoms with Gasteiger partial charge in [0.2, 0.25) is 0 Å². The molecule has 0 aromatic rings. The molecule has 0 fully saturated rings. The van der Waals surface area contributed by atoms with Crippen molar-refractivity contribution in [3.63, 3.8) is 0 Å². The van der Waals surface area contributed by atoms with Gasteiger partial charge < -0.3 is 9.47 Å². The highest BCUT2D eigenvalue weighted by molar-refractivity contribution is 7.81. The van der Waals surface area contributed by atoms with E-state index in [1.54, 1.807) is 6.92 Å². The van der Waals surface area contributed by atoms with E-state index in [0.717, 1.165) is 31.4 Å². The maximum absolute atomic E-state index is 11.4. The van der Waals surface area contributed by atoms with Crippen molar-refractivity contribution < 1.29 is 19.1 Å². The molecule has 0 amide bonds. The standard InChI is InChI=1S/C14H24O4S2/c1-11(2)14(16)18-9-8-17-13(15)6-4-3-5-12(20)7-10-19/h12,19-20H,1,3-10H2,2H3. The second-order valence-electron chi connectivity index (χ2n) is 4.55. The highest BCUT2D eigenvalue weighted by atomic mass is 32.1. The third-order valence-corrected chi connectivity index (χ3v) is 3.33. The predicted octanol–water partition coefficient (Wildman–Crippen LogP) is 2.83. The third kappa shape index (κ3) is 11.2. The van der Waals surface area contributed by atoms with Crippen LogP contribution in [0.3, 0.4) is 0 Å². The third-order valence-electron chi connectivity index (χ3n) is 2.56. The molecule has 0 rings (SSSR count). The van der Waals surface area contributed by atoms with E-state index < -0.39 is 5.97 Å². The Morgan fingerprint density at radius 3 is 2.40 bits per heavy atom. The molecular formula is C14H24O4S2. The molecule has 0 aromatic carbocycles. The summed E-state index contributed by atoms with van der Waals surface area (Å²) in [6.45, 7) is 5.18. The van der Waals surface area contributed by atoms with Crippen molar-refractivity contribution in [1.29, 1.82) is 0 Å². The van der Waals surface area contributed by atoms with Crippen LogP contribution in [0.4, 0.5) is 0 Å². The first-order valence-electron chi connectivity index (χ1n) is 6.74. The minimum atomic E-state index is -0.468. The Hall–Kier alpha value is -0.620. The molecule has 116 valence electrons. The number of thiol groups is 2. The lowest BCUT2D eigenvalue weighted by Crippen LogP contribution is -2.14. The van der Waals surface area contributed by atoms with Gasteiger partial charge in [-0.1, -0.05) is 13.0 Å². The molecule has 6 heteroatoms. The van der Waals surface area contributed by atoms with E-state index in [1.165, 1.54) is 0 Å². The van der Waals surface area contributed by atoms with E-state index in [9.17, 15) is 9.59 Å². The normalized spacial score (nSPS) is 11.8. The molecule has 1 unspecified atom stereocenters. The fourth-order valence-electron chi connectivity index (χ4n) is 1.43. The van der Waals surface area contributed by atoms with Crippen LogP contribution in [0.15, 0.2) is 12.2 Å². The second kappa shape index (κ2) is 12.1. The SMILES string of the molecule is C=C(C)C(=O)OCCOC(=O)CCCCC(S)CCS. The van der Waals surface area contributed by atoms with Gasteiger partial charge in [-0.05, 0) is 31.9 Å². The van der Waals surface area contributed by atoms with Gasteiger partial charge in [0.05, 0.1) is 0 Å². The topological polar surface area (TPSA) is 52.6 Å². The van der Waals surface area contributed by atoms with Crippen molar-refractivity contribution in [1.82, 2.24) is 0 Å². The molecule has 0 aliphatic heterocycles. The quantitative estimate of drug-likeness (QED) is 0.266. The van der Waals surface area contributed by atoms with Gasteiger partial charge in [-0.15, -0.1) is 0 Å². The summed E-state index contributed by atoms with van der Waals surface area (Å²) in [5.74, 6) is 0.102. The predicted molar refractivity (Wildman–Crippen MR) is 86.4 cm³/mol. The summed E-state index contributed by atoms with van der Waals surface area (Å²) in [5, 5.41) is 0.352. The molecule has 20 heavy (non-hydrogen) atoms. The molecule has 0 aromatic heterocycles. The number of hydrogen-bond acceptors (Lipinski definition) is 6. The summed E-state index contributed by atoms with van der Waals surface area (Å²) in [6, 6.07) is 0. The lowest BCUT2D eigenvalue weighted by Gasteiger charge is -2.08. The molecule has 0 N–H and O–H groups in total. The lowest BCUT2D eigenvalue weighted by molar-refractivity contribution is -0.150. The average molecular weight is 320 g/mol. The molecule has 0 saturated carbocycles. The van der Waals surface area contributed by atoms with Crippen LogP contribution in [0.1, 0.15) is 39.0 Å². The fraction of sp³-hybridized carbons (Fsp3) is 0.714. The molecule has 0 aliphatic rings. The first-order valence-corrected chi connectivity index (χ1v) is 7.89. The van der Waals surface area contributed by atoms with Gasteiger partial charge in [0.15, 0.2) is 0 Å². The Morgan fingerprint density at radius 1 is 1.15 bits per heavy atom. The largest absolute Gasteiger partial charge is 0.462 e. The maximum atomic E-state index is 11.4. The Labute approximate surface area is 132 Å². The minimum absolute atomic E-state index is 0.0676. The number of unbranched alkanes of at least 4 members (excludes halogenated alkanes) is 1. The van der Waals surface area contributed by atoms with E-state index in [0.29, 0.717) is 17.2 Å². The number of esters is 2. The van der Waals surface area contributed by atoms with E-state index in [-0.39, 0.29) is 19.2 Å². The summed E-state index contributed by atoms with van der Waals surface area (Å²) in [4.78, 5) is 22.4. The number of carbonyl (C=O) groups is 2. The van der Waals surface area contributed by atoms with Crippen LogP contribution in [-0.2, 0) is 19.1 Å². The summed E-state index contributed by atoms with van der Waals surface area (Å²) in [6.07, 6.45) is 4.07. The van der Waals surface area contributed by atoms with Gasteiger partial charge in [-0.3, -0.25) is 4.79 Å². The average Bonchev–Trinajstić information content (AvgIpc) is 2.39. The van der Waals surface area contributed by atoms with Crippen LogP contribution in [-0.4, -0.2) is 36.2 Å². The molecule has 1 atom stereocenters. The monoisotopic (exact) mass is 320 g/mol. The Kier molecular flexibility index (Phi) is 11.8. The van der Waals surface area contributed by atoms with Crippen molar-refractivity contribution >= 4 is 37.2 Å². The highest BCUT2D eigenvalue weighted by Crippen LogP contribution is 2.12. The molecule has 0 bridgehead atoms. The molecule has 0 radical (unpaired) electrons. The lowest BCUT2D eigenvalue weighted by atomic mass is 10.1. The van der Waals surface area contributed by atoms with Crippen molar-refractivity contribution in [2.45, 2.75) is 44.3 Å². The van der Waals surface area contributed by atoms with Crippen molar-refractivity contribution in [3.8, 4) is 0 Å². The number of carbonyl (C=O) groups excluding carboxylic acids is 2. The van der Waals surface area contributed by atoms with E-state index in [1.807, 2.05) is 0 Å². The van der Waals surface area contributed by atoms with Crippen LogP contribution in [0.5, 0.6) is 0 Å². The zero-order chi connectivity index (χ0) is 15.4. The van der Waals surface area contributed by atoms with E-state index in [4.69, 9.17) is 9.47 Å². The van der Waals surface area contributed by atoms with Crippen LogP contribution >= 0.6 is 25.3 Å². The van der Waals surface area contributed by atoms with Crippen molar-refractivity contribution in [2.75, 3.05) is 19.0 Å². The zero-order valence-corrected chi connectivity index (χ0v) is 13.8. The van der Waals surface area contributed by atoms with Crippen LogP contribution < -0.4 is 0 Å². The highest BCUT2D eigenvalue weighted by Gasteiger charge is 2.06. The Bertz CT molecular complexity index is 318. The first kappa shape index (κ1) is 19.4. The number of rotatable bonds is 11. The van der Waals surface area contributed by atoms with Gasteiger partial charge in [-0.25, -0.2) is 4.79 Å². The molecule has 0 spiro atoms. The van der Waals surface area contributed by atoms with E-state index >= 15 is 0 Å². The number of hydrogen-bond donors (Lipinski definition) is 2. The van der Waals surface area contributed by atoms with Crippen molar-refractivity contribution in [3.05, 3.63) is 12.2 Å². The van der Waals surface area contributed by atoms with Crippen LogP contribution in [0.2, 0.25) is 0 Å². The Balaban J connectivity index is 3.46. The number of ether oxygens (including phenoxy) is 2. The molecular weight excluding hydrogens is 296 g/mol. The smallest absolute Gasteiger partial charge is 0.333 e. The summed E-state index contributed by atoms with van der Waals surface area (Å²) in [7, 11) is 0. The second-order valence-corrected chi connectivity index (χ2v) is 5.73. The molecule has 0 aliphatic carbocycles. The fourth-order valence-corrected chi connectivity index (χ4v) is 2.25. The minimum Gasteiger partial charge on any atom is -0.462 e. The molecule has 0 heterocycles. The van der Waals surface area contributed by atoms with Gasteiger partial charge in [0.1, 0.15) is 13.2 Å². The summed E-state index contributed by atoms with van der Waals surface area (Å²) >= 11 is 8.57. The van der Waals surface area contributed by atoms with Gasteiger partial charge in [0.25, 0.3) is 0 Å². The maximum Gasteiger partial charge on any atom is 0.333 e. The summed E-state index contributed by atoms with van der Waals surface area (Å²) in [5.41, 5.74) is 0.332. The molecule has 4 nitrogen and oxygen atoms in total. The summed E-state index contributed by atoms with van der Waals surface area (Å²) < 4.78 is 9.75. The van der Waals surface area contributed by atoms with Gasteiger partial charge >= 0.3 is 11.9 Å². The van der Waals surface area contributed by atoms with Crippen LogP contribution in [0.25, 0.3) is 0 Å². The van der Waals surface area contributed by atoms with Gasteiger partial charge in [-0.2, -0.15) is 25.3 Å². The molecule has 0 saturated heterocycles. The Morgan fingerprint density at radius 2 is 1.80 bits per heavy atom.